The Labute approximate surface area is 141 Å². The number of nitrogens with one attached hydrogen (secondary N) is 1. The summed E-state index contributed by atoms with van der Waals surface area (Å²) < 4.78 is 1.71. The highest BCUT2D eigenvalue weighted by Gasteiger charge is 2.19. The second kappa shape index (κ2) is 6.84. The lowest BCUT2D eigenvalue weighted by Crippen LogP contribution is -2.23. The largest absolute Gasteiger partial charge is 0.341 e. The van der Waals surface area contributed by atoms with Crippen LogP contribution in [0.1, 0.15) is 15.9 Å². The van der Waals surface area contributed by atoms with E-state index >= 15 is 0 Å². The highest BCUT2D eigenvalue weighted by molar-refractivity contribution is 6.00. The fraction of sp³-hybridized carbons (Fsp3) is 0.100. The first-order valence-electron chi connectivity index (χ1n) is 7.63. The SMILES string of the molecule is C#CCNC(=O)c1cn(-c2ccccc2)nc1-c1ccccc1C. The predicted molar refractivity (Wildman–Crippen MR) is 94.9 cm³/mol. The van der Waals surface area contributed by atoms with E-state index in [-0.39, 0.29) is 12.5 Å². The van der Waals surface area contributed by atoms with Gasteiger partial charge < -0.3 is 5.32 Å². The average Bonchev–Trinajstić information content (AvgIpc) is 3.06. The number of aryl methyl sites for hydroxylation is 1. The number of benzene rings is 2. The molecule has 0 saturated carbocycles. The summed E-state index contributed by atoms with van der Waals surface area (Å²) in [4.78, 5) is 12.5. The highest BCUT2D eigenvalue weighted by Crippen LogP contribution is 2.26. The lowest BCUT2D eigenvalue weighted by atomic mass is 10.0. The number of carbonyl (C=O) groups excluding carboxylic acids is 1. The first kappa shape index (κ1) is 15.6. The number of amides is 1. The molecule has 3 aromatic rings. The van der Waals surface area contributed by atoms with Gasteiger partial charge in [-0.3, -0.25) is 4.79 Å². The number of hydrogen-bond donors (Lipinski definition) is 1. The van der Waals surface area contributed by atoms with Crippen molar-refractivity contribution in [3.8, 4) is 29.3 Å². The second-order valence-electron chi connectivity index (χ2n) is 5.37. The van der Waals surface area contributed by atoms with Crippen molar-refractivity contribution in [2.45, 2.75) is 6.92 Å². The van der Waals surface area contributed by atoms with E-state index in [9.17, 15) is 4.79 Å². The average molecular weight is 315 g/mol. The lowest BCUT2D eigenvalue weighted by molar-refractivity contribution is 0.0959. The number of carbonyl (C=O) groups is 1. The van der Waals surface area contributed by atoms with Crippen molar-refractivity contribution in [1.82, 2.24) is 15.1 Å². The summed E-state index contributed by atoms with van der Waals surface area (Å²) in [5, 5.41) is 7.36. The van der Waals surface area contributed by atoms with Gasteiger partial charge in [-0.25, -0.2) is 4.68 Å². The molecular weight excluding hydrogens is 298 g/mol. The van der Waals surface area contributed by atoms with Gasteiger partial charge in [0.1, 0.15) is 5.69 Å². The summed E-state index contributed by atoms with van der Waals surface area (Å²) in [6, 6.07) is 17.6. The zero-order valence-corrected chi connectivity index (χ0v) is 13.4. The summed E-state index contributed by atoms with van der Waals surface area (Å²) in [5.41, 5.74) is 4.03. The molecule has 1 amide bonds. The topological polar surface area (TPSA) is 46.9 Å². The Bertz CT molecular complexity index is 904. The zero-order valence-electron chi connectivity index (χ0n) is 13.4. The van der Waals surface area contributed by atoms with Gasteiger partial charge in [0.15, 0.2) is 0 Å². The van der Waals surface area contributed by atoms with Gasteiger partial charge in [0.25, 0.3) is 5.91 Å². The van der Waals surface area contributed by atoms with Gasteiger partial charge in [0.05, 0.1) is 17.8 Å². The van der Waals surface area contributed by atoms with Crippen molar-refractivity contribution in [2.24, 2.45) is 0 Å². The van der Waals surface area contributed by atoms with E-state index in [2.05, 4.69) is 16.3 Å². The molecule has 0 aliphatic carbocycles. The molecule has 0 atom stereocenters. The summed E-state index contributed by atoms with van der Waals surface area (Å²) in [5.74, 6) is 2.19. The smallest absolute Gasteiger partial charge is 0.255 e. The molecule has 1 heterocycles. The second-order valence-corrected chi connectivity index (χ2v) is 5.37. The Balaban J connectivity index is 2.12. The molecule has 1 N–H and O–H groups in total. The number of aromatic nitrogens is 2. The van der Waals surface area contributed by atoms with Crippen molar-refractivity contribution in [3.05, 3.63) is 71.9 Å². The van der Waals surface area contributed by atoms with E-state index in [1.54, 1.807) is 10.9 Å². The maximum atomic E-state index is 12.5. The van der Waals surface area contributed by atoms with E-state index < -0.39 is 0 Å². The molecule has 118 valence electrons. The maximum Gasteiger partial charge on any atom is 0.255 e. The number of hydrogen-bond acceptors (Lipinski definition) is 2. The van der Waals surface area contributed by atoms with Crippen molar-refractivity contribution >= 4 is 5.91 Å². The van der Waals surface area contributed by atoms with Crippen LogP contribution < -0.4 is 5.32 Å². The first-order chi connectivity index (χ1) is 11.7. The first-order valence-corrected chi connectivity index (χ1v) is 7.63. The molecule has 0 bridgehead atoms. The van der Waals surface area contributed by atoms with Crippen LogP contribution in [0.2, 0.25) is 0 Å². The lowest BCUT2D eigenvalue weighted by Gasteiger charge is -2.05. The fourth-order valence-corrected chi connectivity index (χ4v) is 2.52. The monoisotopic (exact) mass is 315 g/mol. The van der Waals surface area contributed by atoms with Gasteiger partial charge >= 0.3 is 0 Å². The van der Waals surface area contributed by atoms with E-state index in [0.29, 0.717) is 11.3 Å². The van der Waals surface area contributed by atoms with E-state index in [4.69, 9.17) is 6.42 Å². The molecule has 24 heavy (non-hydrogen) atoms. The number of terminal acetylenes is 1. The van der Waals surface area contributed by atoms with Crippen LogP contribution in [0.3, 0.4) is 0 Å². The molecule has 1 aromatic heterocycles. The summed E-state index contributed by atoms with van der Waals surface area (Å²) >= 11 is 0. The summed E-state index contributed by atoms with van der Waals surface area (Å²) in [7, 11) is 0. The molecule has 0 saturated heterocycles. The standard InChI is InChI=1S/C20H17N3O/c1-3-13-21-20(24)18-14-23(16-10-5-4-6-11-16)22-19(18)17-12-8-7-9-15(17)2/h1,4-12,14H,13H2,2H3,(H,21,24). The third-order valence-corrected chi connectivity index (χ3v) is 3.73. The molecule has 4 nitrogen and oxygen atoms in total. The van der Waals surface area contributed by atoms with E-state index in [0.717, 1.165) is 16.8 Å². The number of nitrogens with zero attached hydrogens (tertiary/aromatic N) is 2. The molecule has 3 rings (SSSR count). The third-order valence-electron chi connectivity index (χ3n) is 3.73. The van der Waals surface area contributed by atoms with Crippen LogP contribution in [0.5, 0.6) is 0 Å². The minimum Gasteiger partial charge on any atom is -0.341 e. The maximum absolute atomic E-state index is 12.5. The molecule has 0 radical (unpaired) electrons. The van der Waals surface area contributed by atoms with Gasteiger partial charge in [0, 0.05) is 11.8 Å². The third kappa shape index (κ3) is 3.06. The van der Waals surface area contributed by atoms with Gasteiger partial charge in [0.2, 0.25) is 0 Å². The Morgan fingerprint density at radius 1 is 1.17 bits per heavy atom. The molecule has 0 spiro atoms. The molecule has 0 aliphatic heterocycles. The highest BCUT2D eigenvalue weighted by atomic mass is 16.1. The van der Waals surface area contributed by atoms with Crippen molar-refractivity contribution in [2.75, 3.05) is 6.54 Å². The van der Waals surface area contributed by atoms with Crippen LogP contribution in [-0.4, -0.2) is 22.2 Å². The molecule has 2 aromatic carbocycles. The van der Waals surface area contributed by atoms with Crippen LogP contribution in [0.15, 0.2) is 60.8 Å². The normalized spacial score (nSPS) is 10.2. The van der Waals surface area contributed by atoms with E-state index in [1.807, 2.05) is 61.5 Å². The fourth-order valence-electron chi connectivity index (χ4n) is 2.52. The Hall–Kier alpha value is -3.32. The minimum atomic E-state index is -0.228. The van der Waals surface area contributed by atoms with Gasteiger partial charge in [-0.05, 0) is 24.6 Å². The van der Waals surface area contributed by atoms with Gasteiger partial charge in [-0.2, -0.15) is 5.10 Å². The summed E-state index contributed by atoms with van der Waals surface area (Å²) in [6.45, 7) is 2.18. The van der Waals surface area contributed by atoms with Crippen LogP contribution in [0, 0.1) is 19.3 Å². The number of para-hydroxylation sites is 1. The number of rotatable bonds is 4. The Morgan fingerprint density at radius 3 is 2.58 bits per heavy atom. The summed E-state index contributed by atoms with van der Waals surface area (Å²) in [6.07, 6.45) is 6.98. The van der Waals surface area contributed by atoms with Crippen molar-refractivity contribution in [1.29, 1.82) is 0 Å². The Kier molecular flexibility index (Phi) is 4.44. The van der Waals surface area contributed by atoms with Crippen LogP contribution in [0.25, 0.3) is 16.9 Å². The van der Waals surface area contributed by atoms with Gasteiger partial charge in [-0.1, -0.05) is 48.4 Å². The van der Waals surface area contributed by atoms with Crippen LogP contribution >= 0.6 is 0 Å². The molecule has 0 fully saturated rings. The Morgan fingerprint density at radius 2 is 1.88 bits per heavy atom. The van der Waals surface area contributed by atoms with Crippen molar-refractivity contribution in [3.63, 3.8) is 0 Å². The van der Waals surface area contributed by atoms with Crippen molar-refractivity contribution < 1.29 is 4.79 Å². The predicted octanol–water partition coefficient (Wildman–Crippen LogP) is 3.21. The van der Waals surface area contributed by atoms with E-state index in [1.165, 1.54) is 0 Å². The quantitative estimate of drug-likeness (QED) is 0.752. The molecular formula is C20H17N3O. The van der Waals surface area contributed by atoms with Crippen LogP contribution in [-0.2, 0) is 0 Å². The molecule has 0 unspecified atom stereocenters. The molecule has 4 heteroatoms. The zero-order chi connectivity index (χ0) is 16.9. The molecule has 0 aliphatic rings. The van der Waals surface area contributed by atoms with Gasteiger partial charge in [-0.15, -0.1) is 6.42 Å². The van der Waals surface area contributed by atoms with Crippen LogP contribution in [0.4, 0.5) is 0 Å². The minimum absolute atomic E-state index is 0.183.